The molecule has 0 unspecified atom stereocenters. The average molecular weight is 381 g/mol. The van der Waals surface area contributed by atoms with E-state index in [0.717, 1.165) is 25.7 Å². The van der Waals surface area contributed by atoms with E-state index in [2.05, 4.69) is 21.2 Å². The van der Waals surface area contributed by atoms with Crippen LogP contribution in [0.15, 0.2) is 27.6 Å². The van der Waals surface area contributed by atoms with Gasteiger partial charge in [-0.15, -0.1) is 0 Å². The summed E-state index contributed by atoms with van der Waals surface area (Å²) in [5, 5.41) is 3.00. The van der Waals surface area contributed by atoms with Gasteiger partial charge in [0.1, 0.15) is 0 Å². The molecule has 0 saturated heterocycles. The van der Waals surface area contributed by atoms with Crippen LogP contribution in [0, 0.1) is 0 Å². The molecule has 0 aliphatic heterocycles. The van der Waals surface area contributed by atoms with Crippen LogP contribution in [-0.2, 0) is 9.05 Å². The molecule has 1 N–H and O–H groups in total. The molecule has 1 saturated carbocycles. The molecule has 0 bridgehead atoms. The number of hydrogen-bond donors (Lipinski definition) is 1. The molecular weight excluding hydrogens is 366 g/mol. The van der Waals surface area contributed by atoms with Crippen molar-refractivity contribution in [3.63, 3.8) is 0 Å². The van der Waals surface area contributed by atoms with Crippen molar-refractivity contribution < 1.29 is 13.2 Å². The second kappa shape index (κ2) is 5.66. The lowest BCUT2D eigenvalue weighted by molar-refractivity contribution is 0.0820. The summed E-state index contributed by atoms with van der Waals surface area (Å²) >= 11 is 3.12. The van der Waals surface area contributed by atoms with Gasteiger partial charge in [-0.3, -0.25) is 4.79 Å². The first-order valence-electron chi connectivity index (χ1n) is 6.34. The van der Waals surface area contributed by atoms with Crippen LogP contribution in [0.3, 0.4) is 0 Å². The number of rotatable bonds is 4. The van der Waals surface area contributed by atoms with E-state index in [-0.39, 0.29) is 16.3 Å². The maximum Gasteiger partial charge on any atom is 0.262 e. The van der Waals surface area contributed by atoms with Gasteiger partial charge in [-0.2, -0.15) is 0 Å². The van der Waals surface area contributed by atoms with Gasteiger partial charge in [0.2, 0.25) is 0 Å². The number of hydrogen-bond acceptors (Lipinski definition) is 3. The van der Waals surface area contributed by atoms with Crippen molar-refractivity contribution in [2.75, 3.05) is 0 Å². The first kappa shape index (κ1) is 15.8. The maximum absolute atomic E-state index is 12.2. The molecule has 0 atom stereocenters. The monoisotopic (exact) mass is 379 g/mol. The highest BCUT2D eigenvalue weighted by molar-refractivity contribution is 9.10. The van der Waals surface area contributed by atoms with E-state index in [0.29, 0.717) is 10.0 Å². The summed E-state index contributed by atoms with van der Waals surface area (Å²) in [7, 11) is 1.46. The van der Waals surface area contributed by atoms with Crippen LogP contribution in [0.5, 0.6) is 0 Å². The van der Waals surface area contributed by atoms with E-state index >= 15 is 0 Å². The molecule has 1 aromatic carbocycles. The molecule has 1 aliphatic rings. The van der Waals surface area contributed by atoms with Crippen LogP contribution >= 0.6 is 26.6 Å². The molecule has 4 nitrogen and oxygen atoms in total. The molecule has 1 aliphatic carbocycles. The summed E-state index contributed by atoms with van der Waals surface area (Å²) in [6, 6.07) is 4.39. The Labute approximate surface area is 131 Å². The fraction of sp³-hybridized carbons (Fsp3) is 0.462. The molecule has 0 aromatic heterocycles. The van der Waals surface area contributed by atoms with Gasteiger partial charge in [0.25, 0.3) is 15.0 Å². The summed E-state index contributed by atoms with van der Waals surface area (Å²) in [6.07, 6.45) is 3.91. The van der Waals surface area contributed by atoms with Gasteiger partial charge in [0.05, 0.1) is 4.90 Å². The minimum atomic E-state index is -3.89. The van der Waals surface area contributed by atoms with Gasteiger partial charge in [0, 0.05) is 26.3 Å². The lowest BCUT2D eigenvalue weighted by atomic mass is 9.74. The Hall–Kier alpha value is -0.590. The van der Waals surface area contributed by atoms with Crippen molar-refractivity contribution in [2.24, 2.45) is 0 Å². The number of halogens is 2. The minimum Gasteiger partial charge on any atom is -0.347 e. The third kappa shape index (κ3) is 3.18. The van der Waals surface area contributed by atoms with Gasteiger partial charge in [0.15, 0.2) is 0 Å². The van der Waals surface area contributed by atoms with Crippen molar-refractivity contribution in [1.29, 1.82) is 0 Å². The van der Waals surface area contributed by atoms with Crippen LogP contribution in [0.25, 0.3) is 0 Å². The van der Waals surface area contributed by atoms with Crippen molar-refractivity contribution in [2.45, 2.75) is 43.0 Å². The van der Waals surface area contributed by atoms with Crippen molar-refractivity contribution >= 4 is 41.6 Å². The Morgan fingerprint density at radius 2 is 2.10 bits per heavy atom. The number of nitrogens with one attached hydrogen (secondary N) is 1. The molecule has 0 radical (unpaired) electrons. The highest BCUT2D eigenvalue weighted by atomic mass is 79.9. The quantitative estimate of drug-likeness (QED) is 0.814. The summed E-state index contributed by atoms with van der Waals surface area (Å²) in [6.45, 7) is 2.04. The van der Waals surface area contributed by atoms with Crippen LogP contribution in [0.2, 0.25) is 0 Å². The number of carbonyl (C=O) groups excluding carboxylic acids is 1. The number of amides is 1. The zero-order valence-electron chi connectivity index (χ0n) is 10.9. The van der Waals surface area contributed by atoms with Crippen LogP contribution in [0.1, 0.15) is 43.0 Å². The predicted octanol–water partition coefficient (Wildman–Crippen LogP) is 3.44. The predicted molar refractivity (Wildman–Crippen MR) is 81.5 cm³/mol. The molecule has 7 heteroatoms. The van der Waals surface area contributed by atoms with Gasteiger partial charge in [-0.1, -0.05) is 6.92 Å². The molecule has 1 fully saturated rings. The SMILES string of the molecule is CCC1(NC(=O)c2ccc(Br)c(S(=O)(=O)Cl)c2)CCC1. The van der Waals surface area contributed by atoms with Gasteiger partial charge in [-0.05, 0) is 59.8 Å². The van der Waals surface area contributed by atoms with Crippen LogP contribution in [-0.4, -0.2) is 19.9 Å². The third-order valence-corrected chi connectivity index (χ3v) is 6.14. The van der Waals surface area contributed by atoms with E-state index in [4.69, 9.17) is 10.7 Å². The lowest BCUT2D eigenvalue weighted by Gasteiger charge is -2.42. The third-order valence-electron chi connectivity index (χ3n) is 3.82. The molecule has 20 heavy (non-hydrogen) atoms. The second-order valence-corrected chi connectivity index (χ2v) is 8.41. The summed E-state index contributed by atoms with van der Waals surface area (Å²) in [5.74, 6) is -0.263. The fourth-order valence-corrected chi connectivity index (χ4v) is 4.43. The molecule has 1 aromatic rings. The highest BCUT2D eigenvalue weighted by Crippen LogP contribution is 2.35. The van der Waals surface area contributed by atoms with E-state index in [1.165, 1.54) is 12.1 Å². The topological polar surface area (TPSA) is 63.2 Å². The highest BCUT2D eigenvalue weighted by Gasteiger charge is 2.36. The smallest absolute Gasteiger partial charge is 0.262 e. The normalized spacial score (nSPS) is 17.4. The van der Waals surface area contributed by atoms with Crippen molar-refractivity contribution in [1.82, 2.24) is 5.32 Å². The van der Waals surface area contributed by atoms with Gasteiger partial charge >= 0.3 is 0 Å². The zero-order valence-corrected chi connectivity index (χ0v) is 14.1. The summed E-state index contributed by atoms with van der Waals surface area (Å²) < 4.78 is 23.2. The Morgan fingerprint density at radius 1 is 1.45 bits per heavy atom. The zero-order chi connectivity index (χ0) is 15.0. The maximum atomic E-state index is 12.2. The number of carbonyl (C=O) groups is 1. The van der Waals surface area contributed by atoms with Crippen LogP contribution in [0.4, 0.5) is 0 Å². The largest absolute Gasteiger partial charge is 0.347 e. The first-order valence-corrected chi connectivity index (χ1v) is 9.44. The van der Waals surface area contributed by atoms with Crippen molar-refractivity contribution in [3.8, 4) is 0 Å². The minimum absolute atomic E-state index is 0.0917. The molecule has 1 amide bonds. The summed E-state index contributed by atoms with van der Waals surface area (Å²) in [5.41, 5.74) is 0.164. The van der Waals surface area contributed by atoms with Gasteiger partial charge < -0.3 is 5.32 Å². The Kier molecular flexibility index (Phi) is 4.47. The second-order valence-electron chi connectivity index (χ2n) is 5.02. The molecule has 0 heterocycles. The first-order chi connectivity index (χ1) is 9.27. The molecule has 110 valence electrons. The van der Waals surface area contributed by atoms with E-state index in [9.17, 15) is 13.2 Å². The summed E-state index contributed by atoms with van der Waals surface area (Å²) in [4.78, 5) is 12.1. The van der Waals surface area contributed by atoms with Crippen molar-refractivity contribution in [3.05, 3.63) is 28.2 Å². The van der Waals surface area contributed by atoms with Gasteiger partial charge in [-0.25, -0.2) is 8.42 Å². The fourth-order valence-electron chi connectivity index (χ4n) is 2.31. The Bertz CT molecular complexity index is 636. The Morgan fingerprint density at radius 3 is 2.55 bits per heavy atom. The molecular formula is C13H15BrClNO3S. The molecule has 2 rings (SSSR count). The Balaban J connectivity index is 2.27. The van der Waals surface area contributed by atoms with E-state index < -0.39 is 9.05 Å². The lowest BCUT2D eigenvalue weighted by Crippen LogP contribution is -2.52. The standard InChI is InChI=1S/C13H15BrClNO3S/c1-2-13(6-3-7-13)16-12(17)9-4-5-10(14)11(8-9)20(15,18)19/h4-5,8H,2-3,6-7H2,1H3,(H,16,17). The van der Waals surface area contributed by atoms with Crippen LogP contribution < -0.4 is 5.32 Å². The van der Waals surface area contributed by atoms with E-state index in [1.54, 1.807) is 6.07 Å². The van der Waals surface area contributed by atoms with E-state index in [1.807, 2.05) is 6.92 Å². The molecule has 0 spiro atoms. The average Bonchev–Trinajstić information content (AvgIpc) is 2.32. The number of benzene rings is 1.